The number of nitrogens with zero attached hydrogens (tertiary/aromatic N) is 7. The predicted molar refractivity (Wildman–Crippen MR) is 128 cm³/mol. The quantitative estimate of drug-likeness (QED) is 0.396. The minimum absolute atomic E-state index is 0.489. The molecule has 0 saturated carbocycles. The molecule has 3 aromatic heterocycles. The number of benzene rings is 2. The summed E-state index contributed by atoms with van der Waals surface area (Å²) in [5.41, 5.74) is 4.84. The molecule has 2 aromatic carbocycles. The van der Waals surface area contributed by atoms with Gasteiger partial charge in [0.2, 0.25) is 15.8 Å². The van der Waals surface area contributed by atoms with Crippen molar-refractivity contribution in [3.63, 3.8) is 0 Å². The molecule has 1 aliphatic rings. The van der Waals surface area contributed by atoms with Crippen LogP contribution in [0.1, 0.15) is 0 Å². The molecule has 2 N–H and O–H groups in total. The Kier molecular flexibility index (Phi) is 4.94. The van der Waals surface area contributed by atoms with Crippen LogP contribution in [0.3, 0.4) is 0 Å². The van der Waals surface area contributed by atoms with E-state index in [4.69, 9.17) is 0 Å². The van der Waals surface area contributed by atoms with Gasteiger partial charge in [0.05, 0.1) is 30.3 Å². The van der Waals surface area contributed by atoms with Gasteiger partial charge in [-0.05, 0) is 29.5 Å². The Labute approximate surface area is 195 Å². The lowest BCUT2D eigenvalue weighted by Crippen LogP contribution is -2.48. The topological polar surface area (TPSA) is 129 Å². The zero-order valence-electron chi connectivity index (χ0n) is 18.5. The highest BCUT2D eigenvalue weighted by atomic mass is 32.2. The summed E-state index contributed by atoms with van der Waals surface area (Å²) in [6, 6.07) is 14.5. The van der Waals surface area contributed by atoms with Crippen LogP contribution >= 0.6 is 0 Å². The molecule has 174 valence electrons. The number of piperazine rings is 1. The van der Waals surface area contributed by atoms with Crippen molar-refractivity contribution < 1.29 is 8.42 Å². The molecule has 12 heteroatoms. The van der Waals surface area contributed by atoms with Crippen molar-refractivity contribution in [2.45, 2.75) is 6.67 Å². The van der Waals surface area contributed by atoms with E-state index in [1.165, 1.54) is 6.26 Å². The number of fused-ring (bicyclic) bond motifs is 2. The van der Waals surface area contributed by atoms with Crippen LogP contribution in [0.4, 0.5) is 0 Å². The molecule has 11 nitrogen and oxygen atoms in total. The van der Waals surface area contributed by atoms with Gasteiger partial charge in [-0.1, -0.05) is 18.2 Å². The van der Waals surface area contributed by atoms with E-state index in [1.54, 1.807) is 10.5 Å². The van der Waals surface area contributed by atoms with E-state index >= 15 is 0 Å². The van der Waals surface area contributed by atoms with E-state index in [0.29, 0.717) is 38.7 Å². The second-order valence-electron chi connectivity index (χ2n) is 8.53. The molecule has 0 unspecified atom stereocenters. The van der Waals surface area contributed by atoms with E-state index in [1.807, 2.05) is 18.2 Å². The average Bonchev–Trinajstić information content (AvgIpc) is 3.58. The molecule has 1 fully saturated rings. The maximum atomic E-state index is 11.9. The third-order valence-electron chi connectivity index (χ3n) is 6.39. The molecule has 1 saturated heterocycles. The first kappa shape index (κ1) is 21.0. The van der Waals surface area contributed by atoms with Gasteiger partial charge in [-0.3, -0.25) is 10.00 Å². The van der Waals surface area contributed by atoms with Crippen molar-refractivity contribution in [1.82, 2.24) is 44.6 Å². The van der Waals surface area contributed by atoms with Crippen molar-refractivity contribution in [2.24, 2.45) is 0 Å². The number of hydrogen-bond donors (Lipinski definition) is 2. The third-order valence-corrected chi connectivity index (χ3v) is 7.70. The van der Waals surface area contributed by atoms with E-state index in [-0.39, 0.29) is 0 Å². The summed E-state index contributed by atoms with van der Waals surface area (Å²) in [6.45, 7) is 2.94. The fourth-order valence-corrected chi connectivity index (χ4v) is 5.48. The first-order chi connectivity index (χ1) is 16.5. The molecule has 1 aliphatic heterocycles. The average molecular weight is 478 g/mol. The summed E-state index contributed by atoms with van der Waals surface area (Å²) in [6.07, 6.45) is 3.07. The van der Waals surface area contributed by atoms with Crippen LogP contribution in [-0.2, 0) is 16.7 Å². The number of aromatic nitrogens is 7. The Balaban J connectivity index is 1.46. The van der Waals surface area contributed by atoms with Gasteiger partial charge in [0, 0.05) is 53.6 Å². The predicted octanol–water partition coefficient (Wildman–Crippen LogP) is 1.90. The van der Waals surface area contributed by atoms with E-state index in [9.17, 15) is 8.42 Å². The number of sulfonamides is 1. The Hall–Kier alpha value is -3.61. The summed E-state index contributed by atoms with van der Waals surface area (Å²) >= 11 is 0. The molecule has 0 spiro atoms. The van der Waals surface area contributed by atoms with Crippen LogP contribution in [0, 0.1) is 0 Å². The summed E-state index contributed by atoms with van der Waals surface area (Å²) < 4.78 is 27.7. The number of aromatic amines is 2. The van der Waals surface area contributed by atoms with E-state index in [0.717, 1.165) is 38.6 Å². The fraction of sp³-hybridized carbons (Fsp3) is 0.273. The van der Waals surface area contributed by atoms with E-state index in [2.05, 4.69) is 64.6 Å². The van der Waals surface area contributed by atoms with Gasteiger partial charge in [-0.2, -0.15) is 14.6 Å². The maximum absolute atomic E-state index is 11.9. The standard InChI is InChI=1S/C22H23N9O2S/c1-34(32,33)30-8-6-29(7-9-30)14-31-20-5-3-2-4-15(20)11-21(31)17-10-16-13-23-24-19(16)12-18(17)22-25-27-28-26-22/h2-5,10-13H,6-9,14H2,1H3,(H,23,24)(H,25,26,27,28). The van der Waals surface area contributed by atoms with Gasteiger partial charge < -0.3 is 4.57 Å². The maximum Gasteiger partial charge on any atom is 0.211 e. The molecule has 0 bridgehead atoms. The third kappa shape index (κ3) is 3.65. The van der Waals surface area contributed by atoms with Gasteiger partial charge in [-0.25, -0.2) is 8.42 Å². The Morgan fingerprint density at radius 1 is 1.00 bits per heavy atom. The van der Waals surface area contributed by atoms with Crippen LogP contribution in [0.2, 0.25) is 0 Å². The highest BCUT2D eigenvalue weighted by Crippen LogP contribution is 2.36. The van der Waals surface area contributed by atoms with Crippen LogP contribution in [-0.4, -0.2) is 85.4 Å². The zero-order valence-corrected chi connectivity index (χ0v) is 19.3. The van der Waals surface area contributed by atoms with Crippen LogP contribution in [0.5, 0.6) is 0 Å². The first-order valence-corrected chi connectivity index (χ1v) is 12.8. The summed E-state index contributed by atoms with van der Waals surface area (Å²) in [7, 11) is -3.17. The van der Waals surface area contributed by atoms with Crippen LogP contribution in [0.15, 0.2) is 48.7 Å². The number of nitrogens with one attached hydrogen (secondary N) is 2. The highest BCUT2D eigenvalue weighted by molar-refractivity contribution is 7.88. The molecule has 5 aromatic rings. The Morgan fingerprint density at radius 3 is 2.59 bits per heavy atom. The zero-order chi connectivity index (χ0) is 23.3. The fourth-order valence-electron chi connectivity index (χ4n) is 4.65. The summed E-state index contributed by atoms with van der Waals surface area (Å²) in [5, 5.41) is 24.1. The van der Waals surface area contributed by atoms with Gasteiger partial charge in [0.25, 0.3) is 0 Å². The van der Waals surface area contributed by atoms with Crippen molar-refractivity contribution in [3.05, 3.63) is 48.7 Å². The SMILES string of the molecule is CS(=O)(=O)N1CCN(Cn2c(-c3cc4cn[nH]c4cc3-c3nn[nH]n3)cc3ccccc32)CC1. The minimum atomic E-state index is -3.17. The Morgan fingerprint density at radius 2 is 1.82 bits per heavy atom. The number of para-hydroxylation sites is 1. The summed E-state index contributed by atoms with van der Waals surface area (Å²) in [5.74, 6) is 0.505. The van der Waals surface area contributed by atoms with Gasteiger partial charge in [0.15, 0.2) is 0 Å². The number of hydrogen-bond acceptors (Lipinski definition) is 7. The molecule has 6 rings (SSSR count). The van der Waals surface area contributed by atoms with Crippen molar-refractivity contribution in [1.29, 1.82) is 0 Å². The van der Waals surface area contributed by atoms with Crippen molar-refractivity contribution >= 4 is 31.8 Å². The van der Waals surface area contributed by atoms with Gasteiger partial charge in [-0.15, -0.1) is 10.2 Å². The second kappa shape index (κ2) is 8.01. The Bertz CT molecular complexity index is 1580. The lowest BCUT2D eigenvalue weighted by atomic mass is 10.0. The number of rotatable bonds is 5. The molecular weight excluding hydrogens is 454 g/mol. The lowest BCUT2D eigenvalue weighted by Gasteiger charge is -2.34. The molecular formula is C22H23N9O2S. The van der Waals surface area contributed by atoms with Gasteiger partial charge in [0.1, 0.15) is 0 Å². The molecule has 4 heterocycles. The van der Waals surface area contributed by atoms with Crippen molar-refractivity contribution in [2.75, 3.05) is 32.4 Å². The largest absolute Gasteiger partial charge is 0.327 e. The normalized spacial score (nSPS) is 16.0. The molecule has 0 amide bonds. The number of H-pyrrole nitrogens is 2. The van der Waals surface area contributed by atoms with Gasteiger partial charge >= 0.3 is 0 Å². The minimum Gasteiger partial charge on any atom is -0.327 e. The monoisotopic (exact) mass is 477 g/mol. The van der Waals surface area contributed by atoms with Crippen LogP contribution < -0.4 is 0 Å². The molecule has 34 heavy (non-hydrogen) atoms. The van der Waals surface area contributed by atoms with Crippen molar-refractivity contribution in [3.8, 4) is 22.6 Å². The first-order valence-electron chi connectivity index (χ1n) is 10.9. The van der Waals surface area contributed by atoms with Crippen LogP contribution in [0.25, 0.3) is 44.5 Å². The second-order valence-corrected chi connectivity index (χ2v) is 10.5. The molecule has 0 radical (unpaired) electrons. The molecule has 0 aliphatic carbocycles. The smallest absolute Gasteiger partial charge is 0.211 e. The summed E-state index contributed by atoms with van der Waals surface area (Å²) in [4.78, 5) is 2.28. The number of tetrazole rings is 1. The van der Waals surface area contributed by atoms with E-state index < -0.39 is 10.0 Å². The highest BCUT2D eigenvalue weighted by Gasteiger charge is 2.25. The molecule has 0 atom stereocenters. The lowest BCUT2D eigenvalue weighted by molar-refractivity contribution is 0.155.